The lowest BCUT2D eigenvalue weighted by Gasteiger charge is -2.23. The molecule has 0 amide bonds. The van der Waals surface area contributed by atoms with E-state index in [9.17, 15) is 4.79 Å². The lowest BCUT2D eigenvalue weighted by molar-refractivity contribution is 0.0862. The van der Waals surface area contributed by atoms with Gasteiger partial charge in [-0.25, -0.2) is 0 Å². The first-order valence-electron chi connectivity index (χ1n) is 6.52. The van der Waals surface area contributed by atoms with Crippen molar-refractivity contribution < 1.29 is 4.79 Å². The Balaban J connectivity index is 2.03. The van der Waals surface area contributed by atoms with Crippen LogP contribution in [0.3, 0.4) is 0 Å². The molecule has 1 atom stereocenters. The zero-order valence-electron chi connectivity index (χ0n) is 11.4. The molecule has 0 aromatic heterocycles. The van der Waals surface area contributed by atoms with Crippen LogP contribution in [-0.2, 0) is 6.54 Å². The molecule has 0 bridgehead atoms. The molecule has 2 rings (SSSR count). The van der Waals surface area contributed by atoms with Gasteiger partial charge >= 0.3 is 0 Å². The van der Waals surface area contributed by atoms with Gasteiger partial charge in [0.15, 0.2) is 5.78 Å². The predicted octanol–water partition coefficient (Wildman–Crippen LogP) is 3.39. The first-order valence-corrected chi connectivity index (χ1v) is 6.52. The molecule has 19 heavy (non-hydrogen) atoms. The Morgan fingerprint density at radius 2 is 1.53 bits per heavy atom. The summed E-state index contributed by atoms with van der Waals surface area (Å²) in [5, 5.41) is 0. The van der Waals surface area contributed by atoms with E-state index in [0.717, 1.165) is 12.1 Å². The Bertz CT molecular complexity index is 521. The van der Waals surface area contributed by atoms with Gasteiger partial charge in [0.25, 0.3) is 0 Å². The van der Waals surface area contributed by atoms with E-state index in [1.807, 2.05) is 62.5 Å². The third-order valence-corrected chi connectivity index (χ3v) is 3.37. The largest absolute Gasteiger partial charge is 0.292 e. The van der Waals surface area contributed by atoms with Gasteiger partial charge in [0, 0.05) is 12.1 Å². The van der Waals surface area contributed by atoms with E-state index in [4.69, 9.17) is 0 Å². The smallest absolute Gasteiger partial charge is 0.179 e. The fourth-order valence-corrected chi connectivity index (χ4v) is 2.05. The van der Waals surface area contributed by atoms with E-state index in [0.29, 0.717) is 0 Å². The number of nitrogens with zero attached hydrogens (tertiary/aromatic N) is 1. The number of carbonyl (C=O) groups is 1. The predicted molar refractivity (Wildman–Crippen MR) is 78.1 cm³/mol. The molecular weight excluding hydrogens is 234 g/mol. The van der Waals surface area contributed by atoms with E-state index in [1.54, 1.807) is 0 Å². The van der Waals surface area contributed by atoms with Crippen molar-refractivity contribution in [2.45, 2.75) is 19.5 Å². The minimum absolute atomic E-state index is 0.123. The van der Waals surface area contributed by atoms with Crippen molar-refractivity contribution in [3.8, 4) is 0 Å². The molecule has 0 radical (unpaired) electrons. The lowest BCUT2D eigenvalue weighted by atomic mass is 10.0. The van der Waals surface area contributed by atoms with Crippen LogP contribution in [0, 0.1) is 0 Å². The van der Waals surface area contributed by atoms with Crippen LogP contribution >= 0.6 is 0 Å². The van der Waals surface area contributed by atoms with E-state index in [-0.39, 0.29) is 11.8 Å². The number of Topliss-reactive ketones (excluding diaryl/α,β-unsaturated/α-hetero) is 1. The summed E-state index contributed by atoms with van der Waals surface area (Å²) in [6, 6.07) is 19.5. The topological polar surface area (TPSA) is 20.3 Å². The molecule has 0 aliphatic carbocycles. The number of likely N-dealkylation sites (N-methyl/N-ethyl adjacent to an activating group) is 1. The molecule has 0 saturated heterocycles. The summed E-state index contributed by atoms with van der Waals surface area (Å²) in [7, 11) is 1.98. The van der Waals surface area contributed by atoms with Crippen LogP contribution < -0.4 is 0 Å². The van der Waals surface area contributed by atoms with Crippen molar-refractivity contribution in [3.05, 3.63) is 71.8 Å². The van der Waals surface area contributed by atoms with Gasteiger partial charge in [0.2, 0.25) is 0 Å². The van der Waals surface area contributed by atoms with E-state index < -0.39 is 0 Å². The van der Waals surface area contributed by atoms with Gasteiger partial charge in [-0.05, 0) is 19.5 Å². The summed E-state index contributed by atoms with van der Waals surface area (Å²) >= 11 is 0. The van der Waals surface area contributed by atoms with Gasteiger partial charge in [-0.3, -0.25) is 9.69 Å². The zero-order chi connectivity index (χ0) is 13.7. The SMILES string of the molecule is C[C@@H](C(=O)c1ccccc1)N(C)Cc1ccccc1. The number of benzene rings is 2. The monoisotopic (exact) mass is 253 g/mol. The normalized spacial score (nSPS) is 12.4. The highest BCUT2D eigenvalue weighted by Gasteiger charge is 2.19. The molecule has 98 valence electrons. The van der Waals surface area contributed by atoms with Crippen molar-refractivity contribution >= 4 is 5.78 Å². The zero-order valence-corrected chi connectivity index (χ0v) is 11.4. The number of rotatable bonds is 5. The van der Waals surface area contributed by atoms with Gasteiger partial charge in [-0.15, -0.1) is 0 Å². The van der Waals surface area contributed by atoms with E-state index >= 15 is 0 Å². The third kappa shape index (κ3) is 3.52. The summed E-state index contributed by atoms with van der Waals surface area (Å²) in [6.07, 6.45) is 0. The van der Waals surface area contributed by atoms with Gasteiger partial charge < -0.3 is 0 Å². The molecule has 0 heterocycles. The highest BCUT2D eigenvalue weighted by atomic mass is 16.1. The average Bonchev–Trinajstić information content (AvgIpc) is 2.47. The maximum atomic E-state index is 12.3. The standard InChI is InChI=1S/C17H19NO/c1-14(17(19)16-11-7-4-8-12-16)18(2)13-15-9-5-3-6-10-15/h3-12,14H,13H2,1-2H3/t14-/m0/s1. The summed E-state index contributed by atoms with van der Waals surface area (Å²) < 4.78 is 0. The molecular formula is C17H19NO. The second kappa shape index (κ2) is 6.30. The van der Waals surface area contributed by atoms with Crippen molar-refractivity contribution in [3.63, 3.8) is 0 Å². The molecule has 0 N–H and O–H groups in total. The number of hydrogen-bond acceptors (Lipinski definition) is 2. The summed E-state index contributed by atoms with van der Waals surface area (Å²) in [4.78, 5) is 14.4. The van der Waals surface area contributed by atoms with E-state index in [1.165, 1.54) is 5.56 Å². The molecule has 2 aromatic carbocycles. The number of ketones is 1. The molecule has 2 heteroatoms. The van der Waals surface area contributed by atoms with Crippen LogP contribution in [0.25, 0.3) is 0 Å². The third-order valence-electron chi connectivity index (χ3n) is 3.37. The molecule has 0 unspecified atom stereocenters. The molecule has 0 saturated carbocycles. The summed E-state index contributed by atoms with van der Waals surface area (Å²) in [5.41, 5.74) is 1.99. The molecule has 2 aromatic rings. The number of carbonyl (C=O) groups excluding carboxylic acids is 1. The Morgan fingerprint density at radius 3 is 2.11 bits per heavy atom. The van der Waals surface area contributed by atoms with Crippen LogP contribution in [0.5, 0.6) is 0 Å². The van der Waals surface area contributed by atoms with Crippen LogP contribution in [0.4, 0.5) is 0 Å². The summed E-state index contributed by atoms with van der Waals surface area (Å²) in [6.45, 7) is 2.73. The maximum absolute atomic E-state index is 12.3. The van der Waals surface area contributed by atoms with Crippen LogP contribution in [-0.4, -0.2) is 23.8 Å². The second-order valence-corrected chi connectivity index (χ2v) is 4.81. The Morgan fingerprint density at radius 1 is 1.00 bits per heavy atom. The Labute approximate surface area is 114 Å². The van der Waals surface area contributed by atoms with Crippen LogP contribution in [0.15, 0.2) is 60.7 Å². The minimum atomic E-state index is -0.123. The van der Waals surface area contributed by atoms with Crippen LogP contribution in [0.1, 0.15) is 22.8 Å². The van der Waals surface area contributed by atoms with Crippen molar-refractivity contribution in [1.82, 2.24) is 4.90 Å². The van der Waals surface area contributed by atoms with Crippen molar-refractivity contribution in [1.29, 1.82) is 0 Å². The Kier molecular flexibility index (Phi) is 4.48. The molecule has 0 fully saturated rings. The molecule has 2 nitrogen and oxygen atoms in total. The fourth-order valence-electron chi connectivity index (χ4n) is 2.05. The van der Waals surface area contributed by atoms with Crippen molar-refractivity contribution in [2.24, 2.45) is 0 Å². The number of hydrogen-bond donors (Lipinski definition) is 0. The molecule has 0 spiro atoms. The fraction of sp³-hybridized carbons (Fsp3) is 0.235. The highest BCUT2D eigenvalue weighted by molar-refractivity contribution is 5.99. The first-order chi connectivity index (χ1) is 9.18. The van der Waals surface area contributed by atoms with Gasteiger partial charge in [-0.1, -0.05) is 60.7 Å². The van der Waals surface area contributed by atoms with Crippen LogP contribution in [0.2, 0.25) is 0 Å². The maximum Gasteiger partial charge on any atom is 0.179 e. The van der Waals surface area contributed by atoms with Gasteiger partial charge in [0.1, 0.15) is 0 Å². The van der Waals surface area contributed by atoms with Crippen molar-refractivity contribution in [2.75, 3.05) is 7.05 Å². The minimum Gasteiger partial charge on any atom is -0.292 e. The average molecular weight is 253 g/mol. The van der Waals surface area contributed by atoms with Gasteiger partial charge in [-0.2, -0.15) is 0 Å². The quantitative estimate of drug-likeness (QED) is 0.761. The Hall–Kier alpha value is -1.93. The summed E-state index contributed by atoms with van der Waals surface area (Å²) in [5.74, 6) is 0.166. The van der Waals surface area contributed by atoms with E-state index in [2.05, 4.69) is 17.0 Å². The highest BCUT2D eigenvalue weighted by Crippen LogP contribution is 2.11. The molecule has 0 aliphatic heterocycles. The first kappa shape index (κ1) is 13.5. The molecule has 0 aliphatic rings. The second-order valence-electron chi connectivity index (χ2n) is 4.81. The lowest BCUT2D eigenvalue weighted by Crippen LogP contribution is -2.35. The van der Waals surface area contributed by atoms with Gasteiger partial charge in [0.05, 0.1) is 6.04 Å².